The Morgan fingerprint density at radius 3 is 2.62 bits per heavy atom. The minimum Gasteiger partial charge on any atom is -0.298 e. The molecule has 3 atom stereocenters. The van der Waals surface area contributed by atoms with Crippen molar-refractivity contribution in [3.63, 3.8) is 0 Å². The molecular formula is C15H24O. The van der Waals surface area contributed by atoms with Gasteiger partial charge in [0.1, 0.15) is 6.29 Å². The van der Waals surface area contributed by atoms with Gasteiger partial charge < -0.3 is 0 Å². The summed E-state index contributed by atoms with van der Waals surface area (Å²) in [4.78, 5) is 10.8. The first-order valence-electron chi connectivity index (χ1n) is 6.73. The van der Waals surface area contributed by atoms with Gasteiger partial charge in [-0.15, -0.1) is 0 Å². The molecule has 2 bridgehead atoms. The second-order valence-corrected chi connectivity index (χ2v) is 6.18. The van der Waals surface area contributed by atoms with Crippen molar-refractivity contribution in [1.82, 2.24) is 0 Å². The Labute approximate surface area is 99.3 Å². The lowest BCUT2D eigenvalue weighted by atomic mass is 9.67. The summed E-state index contributed by atoms with van der Waals surface area (Å²) in [7, 11) is 0. The Bertz CT molecular complexity index is 301. The summed E-state index contributed by atoms with van der Waals surface area (Å²) < 4.78 is 0. The Morgan fingerprint density at radius 1 is 1.38 bits per heavy atom. The highest BCUT2D eigenvalue weighted by atomic mass is 16.1. The van der Waals surface area contributed by atoms with Crippen LogP contribution in [0.5, 0.6) is 0 Å². The van der Waals surface area contributed by atoms with E-state index in [0.717, 1.165) is 42.5 Å². The topological polar surface area (TPSA) is 17.1 Å². The number of carbonyl (C=O) groups excluding carboxylic acids is 1. The Hall–Kier alpha value is -0.590. The van der Waals surface area contributed by atoms with Crippen LogP contribution < -0.4 is 0 Å². The van der Waals surface area contributed by atoms with Gasteiger partial charge in [-0.2, -0.15) is 0 Å². The average Bonchev–Trinajstić information content (AvgIpc) is 2.80. The van der Waals surface area contributed by atoms with Gasteiger partial charge in [0.2, 0.25) is 0 Å². The lowest BCUT2D eigenvalue weighted by molar-refractivity contribution is -0.105. The molecule has 0 heterocycles. The predicted octanol–water partition coefficient (Wildman–Crippen LogP) is 3.98. The molecule has 1 nitrogen and oxygen atoms in total. The fraction of sp³-hybridized carbons (Fsp3) is 0.800. The van der Waals surface area contributed by atoms with Gasteiger partial charge in [-0.25, -0.2) is 0 Å². The van der Waals surface area contributed by atoms with E-state index < -0.39 is 0 Å². The molecular weight excluding hydrogens is 196 g/mol. The second kappa shape index (κ2) is 4.35. The van der Waals surface area contributed by atoms with Crippen LogP contribution in [0.4, 0.5) is 0 Å². The lowest BCUT2D eigenvalue weighted by Gasteiger charge is -2.38. The van der Waals surface area contributed by atoms with E-state index in [0.29, 0.717) is 5.41 Å². The van der Waals surface area contributed by atoms with Crippen molar-refractivity contribution in [2.24, 2.45) is 23.2 Å². The molecule has 2 fully saturated rings. The van der Waals surface area contributed by atoms with Crippen molar-refractivity contribution in [2.75, 3.05) is 0 Å². The summed E-state index contributed by atoms with van der Waals surface area (Å²) in [6.07, 6.45) is 9.52. The quantitative estimate of drug-likeness (QED) is 0.517. The van der Waals surface area contributed by atoms with Crippen LogP contribution in [0.15, 0.2) is 11.6 Å². The molecule has 90 valence electrons. The maximum absolute atomic E-state index is 10.8. The van der Waals surface area contributed by atoms with E-state index >= 15 is 0 Å². The van der Waals surface area contributed by atoms with E-state index in [1.54, 1.807) is 0 Å². The smallest absolute Gasteiger partial charge is 0.145 e. The summed E-state index contributed by atoms with van der Waals surface area (Å²) >= 11 is 0. The SMILES string of the molecule is CC/C(C=O)=C/CC1C2CCC(C2)C1(C)C. The minimum absolute atomic E-state index is 0.501. The number of hydrogen-bond donors (Lipinski definition) is 0. The van der Waals surface area contributed by atoms with Gasteiger partial charge in [0, 0.05) is 0 Å². The highest BCUT2D eigenvalue weighted by Crippen LogP contribution is 2.60. The van der Waals surface area contributed by atoms with Gasteiger partial charge in [-0.1, -0.05) is 26.8 Å². The normalized spacial score (nSPS) is 36.7. The van der Waals surface area contributed by atoms with Gasteiger partial charge in [0.15, 0.2) is 0 Å². The third-order valence-electron chi connectivity index (χ3n) is 5.24. The van der Waals surface area contributed by atoms with E-state index in [4.69, 9.17) is 0 Å². The van der Waals surface area contributed by atoms with Crippen LogP contribution in [-0.2, 0) is 4.79 Å². The van der Waals surface area contributed by atoms with Crippen molar-refractivity contribution < 1.29 is 4.79 Å². The zero-order valence-electron chi connectivity index (χ0n) is 10.8. The molecule has 0 aromatic rings. The Balaban J connectivity index is 2.05. The third-order valence-corrected chi connectivity index (χ3v) is 5.24. The molecule has 0 saturated heterocycles. The standard InChI is InChI=1S/C15H24O/c1-4-11(10-16)5-8-14-12-6-7-13(9-12)15(14,2)3/h5,10,12-14H,4,6-9H2,1-3H3/b11-5-. The van der Waals surface area contributed by atoms with Gasteiger partial charge in [-0.05, 0) is 60.8 Å². The average molecular weight is 220 g/mol. The molecule has 16 heavy (non-hydrogen) atoms. The van der Waals surface area contributed by atoms with Gasteiger partial charge in [-0.3, -0.25) is 4.79 Å². The summed E-state index contributed by atoms with van der Waals surface area (Å²) in [6, 6.07) is 0. The van der Waals surface area contributed by atoms with Crippen LogP contribution in [0, 0.1) is 23.2 Å². The molecule has 3 unspecified atom stereocenters. The summed E-state index contributed by atoms with van der Waals surface area (Å²) in [5, 5.41) is 0. The molecule has 0 aromatic heterocycles. The summed E-state index contributed by atoms with van der Waals surface area (Å²) in [5.41, 5.74) is 1.49. The molecule has 0 aliphatic heterocycles. The lowest BCUT2D eigenvalue weighted by Crippen LogP contribution is -2.30. The fourth-order valence-electron chi connectivity index (χ4n) is 4.02. The minimum atomic E-state index is 0.501. The number of carbonyl (C=O) groups is 1. The maximum Gasteiger partial charge on any atom is 0.145 e. The molecule has 0 N–H and O–H groups in total. The van der Waals surface area contributed by atoms with E-state index in [1.807, 2.05) is 0 Å². The van der Waals surface area contributed by atoms with Crippen molar-refractivity contribution in [1.29, 1.82) is 0 Å². The first-order valence-corrected chi connectivity index (χ1v) is 6.73. The summed E-state index contributed by atoms with van der Waals surface area (Å²) in [5.74, 6) is 2.69. The third kappa shape index (κ3) is 1.85. The van der Waals surface area contributed by atoms with Crippen LogP contribution in [0.25, 0.3) is 0 Å². The summed E-state index contributed by atoms with van der Waals surface area (Å²) in [6.45, 7) is 6.93. The highest BCUT2D eigenvalue weighted by molar-refractivity contribution is 5.72. The highest BCUT2D eigenvalue weighted by Gasteiger charge is 2.51. The Kier molecular flexibility index (Phi) is 3.23. The van der Waals surface area contributed by atoms with Crippen LogP contribution in [0.1, 0.15) is 52.9 Å². The fourth-order valence-corrected chi connectivity index (χ4v) is 4.02. The number of rotatable bonds is 4. The molecule has 0 aromatic carbocycles. The van der Waals surface area contributed by atoms with Crippen molar-refractivity contribution >= 4 is 6.29 Å². The van der Waals surface area contributed by atoms with Crippen LogP contribution in [-0.4, -0.2) is 6.29 Å². The Morgan fingerprint density at radius 2 is 2.12 bits per heavy atom. The molecule has 1 heteroatoms. The van der Waals surface area contributed by atoms with Crippen molar-refractivity contribution in [2.45, 2.75) is 52.9 Å². The van der Waals surface area contributed by atoms with E-state index in [2.05, 4.69) is 26.8 Å². The van der Waals surface area contributed by atoms with Gasteiger partial charge in [0.25, 0.3) is 0 Å². The van der Waals surface area contributed by atoms with Crippen LogP contribution in [0.3, 0.4) is 0 Å². The van der Waals surface area contributed by atoms with E-state index in [1.165, 1.54) is 19.3 Å². The largest absolute Gasteiger partial charge is 0.298 e. The number of aldehydes is 1. The van der Waals surface area contributed by atoms with Gasteiger partial charge >= 0.3 is 0 Å². The zero-order chi connectivity index (χ0) is 11.8. The molecule has 2 saturated carbocycles. The van der Waals surface area contributed by atoms with E-state index in [-0.39, 0.29) is 0 Å². The second-order valence-electron chi connectivity index (χ2n) is 6.18. The zero-order valence-corrected chi connectivity index (χ0v) is 10.8. The maximum atomic E-state index is 10.8. The molecule has 2 aliphatic rings. The first-order chi connectivity index (χ1) is 7.59. The van der Waals surface area contributed by atoms with Gasteiger partial charge in [0.05, 0.1) is 0 Å². The van der Waals surface area contributed by atoms with Crippen LogP contribution >= 0.6 is 0 Å². The molecule has 0 radical (unpaired) electrons. The number of fused-ring (bicyclic) bond motifs is 2. The molecule has 0 spiro atoms. The molecule has 2 aliphatic carbocycles. The van der Waals surface area contributed by atoms with Crippen LogP contribution in [0.2, 0.25) is 0 Å². The predicted molar refractivity (Wildman–Crippen MR) is 67.2 cm³/mol. The number of allylic oxidation sites excluding steroid dienone is 2. The van der Waals surface area contributed by atoms with Crippen molar-refractivity contribution in [3.8, 4) is 0 Å². The monoisotopic (exact) mass is 220 g/mol. The molecule has 0 amide bonds. The number of hydrogen-bond acceptors (Lipinski definition) is 1. The van der Waals surface area contributed by atoms with E-state index in [9.17, 15) is 4.79 Å². The first kappa shape index (κ1) is 11.9. The molecule has 2 rings (SSSR count). The van der Waals surface area contributed by atoms with Crippen molar-refractivity contribution in [3.05, 3.63) is 11.6 Å².